The van der Waals surface area contributed by atoms with Crippen molar-refractivity contribution in [1.82, 2.24) is 10.1 Å². The Morgan fingerprint density at radius 1 is 1.29 bits per heavy atom. The number of nitrogens with two attached hydrogens (primary N) is 1. The number of rotatable bonds is 4. The predicted octanol–water partition coefficient (Wildman–Crippen LogP) is 2.31. The number of aryl methyl sites for hydroxylation is 2. The van der Waals surface area contributed by atoms with Crippen molar-refractivity contribution in [1.29, 1.82) is 0 Å². The summed E-state index contributed by atoms with van der Waals surface area (Å²) in [6, 6.07) is 7.90. The van der Waals surface area contributed by atoms with Crippen LogP contribution in [0.5, 0.6) is 0 Å². The molecule has 2 aromatic rings. The zero-order valence-corrected chi connectivity index (χ0v) is 9.60. The summed E-state index contributed by atoms with van der Waals surface area (Å²) in [5.74, 6) is 2.17. The molecule has 1 aliphatic carbocycles. The van der Waals surface area contributed by atoms with Gasteiger partial charge in [-0.1, -0.05) is 17.3 Å². The van der Waals surface area contributed by atoms with E-state index in [1.807, 2.05) is 18.2 Å². The minimum absolute atomic E-state index is 0.555. The van der Waals surface area contributed by atoms with Gasteiger partial charge >= 0.3 is 0 Å². The van der Waals surface area contributed by atoms with Gasteiger partial charge in [0.1, 0.15) is 0 Å². The first-order chi connectivity index (χ1) is 8.31. The van der Waals surface area contributed by atoms with Crippen LogP contribution < -0.4 is 5.73 Å². The molecule has 4 nitrogen and oxygen atoms in total. The first kappa shape index (κ1) is 10.3. The van der Waals surface area contributed by atoms with E-state index < -0.39 is 0 Å². The van der Waals surface area contributed by atoms with Crippen LogP contribution in [0.15, 0.2) is 28.8 Å². The van der Waals surface area contributed by atoms with Crippen LogP contribution in [0.25, 0.3) is 0 Å². The smallest absolute Gasteiger partial charge is 0.226 e. The van der Waals surface area contributed by atoms with Gasteiger partial charge in [-0.3, -0.25) is 0 Å². The third-order valence-corrected chi connectivity index (χ3v) is 3.00. The van der Waals surface area contributed by atoms with Crippen molar-refractivity contribution >= 4 is 5.69 Å². The molecule has 88 valence electrons. The van der Waals surface area contributed by atoms with Crippen LogP contribution in [0.3, 0.4) is 0 Å². The number of benzene rings is 1. The van der Waals surface area contributed by atoms with Gasteiger partial charge in [-0.05, 0) is 37.0 Å². The summed E-state index contributed by atoms with van der Waals surface area (Å²) in [7, 11) is 0. The minimum Gasteiger partial charge on any atom is -0.399 e. The van der Waals surface area contributed by atoms with Gasteiger partial charge in [-0.25, -0.2) is 0 Å². The average molecular weight is 229 g/mol. The molecule has 0 aliphatic heterocycles. The van der Waals surface area contributed by atoms with Gasteiger partial charge in [0.2, 0.25) is 5.89 Å². The summed E-state index contributed by atoms with van der Waals surface area (Å²) in [5, 5.41) is 4.00. The van der Waals surface area contributed by atoms with Gasteiger partial charge in [0, 0.05) is 18.0 Å². The number of hydrogen-bond acceptors (Lipinski definition) is 4. The van der Waals surface area contributed by atoms with Crippen LogP contribution in [0, 0.1) is 0 Å². The molecule has 0 amide bonds. The van der Waals surface area contributed by atoms with Crippen molar-refractivity contribution in [2.24, 2.45) is 0 Å². The van der Waals surface area contributed by atoms with Crippen molar-refractivity contribution in [3.05, 3.63) is 41.5 Å². The van der Waals surface area contributed by atoms with E-state index >= 15 is 0 Å². The van der Waals surface area contributed by atoms with Crippen molar-refractivity contribution in [2.45, 2.75) is 31.6 Å². The first-order valence-electron chi connectivity index (χ1n) is 5.98. The quantitative estimate of drug-likeness (QED) is 0.817. The molecule has 0 spiro atoms. The van der Waals surface area contributed by atoms with Gasteiger partial charge < -0.3 is 10.3 Å². The Bertz CT molecular complexity index is 517. The van der Waals surface area contributed by atoms with E-state index in [0.717, 1.165) is 30.2 Å². The summed E-state index contributed by atoms with van der Waals surface area (Å²) in [5.41, 5.74) is 7.73. The summed E-state index contributed by atoms with van der Waals surface area (Å²) in [6.45, 7) is 0. The molecule has 2 N–H and O–H groups in total. The Labute approximate surface area is 99.8 Å². The molecule has 17 heavy (non-hydrogen) atoms. The third kappa shape index (κ3) is 2.46. The molecular formula is C13H15N3O. The van der Waals surface area contributed by atoms with Crippen LogP contribution in [0.1, 0.15) is 36.0 Å². The fraction of sp³-hybridized carbons (Fsp3) is 0.385. The zero-order chi connectivity index (χ0) is 11.7. The van der Waals surface area contributed by atoms with Crippen molar-refractivity contribution in [2.75, 3.05) is 5.73 Å². The highest BCUT2D eigenvalue weighted by molar-refractivity contribution is 5.40. The van der Waals surface area contributed by atoms with Gasteiger partial charge in [0.05, 0.1) is 0 Å². The Kier molecular flexibility index (Phi) is 2.55. The highest BCUT2D eigenvalue weighted by Gasteiger charge is 2.28. The summed E-state index contributed by atoms with van der Waals surface area (Å²) in [4.78, 5) is 4.40. The molecule has 0 atom stereocenters. The maximum atomic E-state index is 5.73. The van der Waals surface area contributed by atoms with Gasteiger partial charge in [-0.2, -0.15) is 4.98 Å². The minimum atomic E-state index is 0.555. The molecule has 1 fully saturated rings. The van der Waals surface area contributed by atoms with E-state index in [1.165, 1.54) is 18.4 Å². The van der Waals surface area contributed by atoms with Crippen molar-refractivity contribution < 1.29 is 4.52 Å². The van der Waals surface area contributed by atoms with Crippen LogP contribution in [-0.4, -0.2) is 10.1 Å². The molecule has 0 radical (unpaired) electrons. The second-order valence-electron chi connectivity index (χ2n) is 4.57. The largest absolute Gasteiger partial charge is 0.399 e. The number of anilines is 1. The Morgan fingerprint density at radius 3 is 2.94 bits per heavy atom. The van der Waals surface area contributed by atoms with Crippen molar-refractivity contribution in [3.63, 3.8) is 0 Å². The first-order valence-corrected chi connectivity index (χ1v) is 5.98. The van der Waals surface area contributed by atoms with Crippen LogP contribution in [-0.2, 0) is 12.8 Å². The summed E-state index contributed by atoms with van der Waals surface area (Å²) in [6.07, 6.45) is 4.07. The topological polar surface area (TPSA) is 64.9 Å². The van der Waals surface area contributed by atoms with Crippen LogP contribution in [0.2, 0.25) is 0 Å². The van der Waals surface area contributed by atoms with Crippen LogP contribution >= 0.6 is 0 Å². The lowest BCUT2D eigenvalue weighted by Crippen LogP contribution is -1.93. The molecule has 3 rings (SSSR count). The lowest BCUT2D eigenvalue weighted by atomic mass is 10.1. The fourth-order valence-corrected chi connectivity index (χ4v) is 1.88. The molecule has 0 bridgehead atoms. The van der Waals surface area contributed by atoms with Crippen LogP contribution in [0.4, 0.5) is 5.69 Å². The monoisotopic (exact) mass is 229 g/mol. The van der Waals surface area contributed by atoms with Crippen molar-refractivity contribution in [3.8, 4) is 0 Å². The maximum absolute atomic E-state index is 5.73. The van der Waals surface area contributed by atoms with Gasteiger partial charge in [-0.15, -0.1) is 0 Å². The van der Waals surface area contributed by atoms with E-state index in [-0.39, 0.29) is 0 Å². The standard InChI is InChI=1S/C13H15N3O/c14-11-3-1-2-9(8-11)4-7-12-15-13(16-17-12)10-5-6-10/h1-3,8,10H,4-7,14H2. The van der Waals surface area contributed by atoms with E-state index in [9.17, 15) is 0 Å². The number of nitrogen functional groups attached to an aromatic ring is 1. The fourth-order valence-electron chi connectivity index (χ4n) is 1.88. The molecule has 1 heterocycles. The maximum Gasteiger partial charge on any atom is 0.226 e. The van der Waals surface area contributed by atoms with E-state index in [1.54, 1.807) is 0 Å². The predicted molar refractivity (Wildman–Crippen MR) is 64.5 cm³/mol. The summed E-state index contributed by atoms with van der Waals surface area (Å²) < 4.78 is 5.23. The number of hydrogen-bond donors (Lipinski definition) is 1. The van der Waals surface area contributed by atoms with E-state index in [4.69, 9.17) is 10.3 Å². The SMILES string of the molecule is Nc1cccc(CCc2nc(C3CC3)no2)c1. The molecule has 1 aromatic carbocycles. The molecule has 1 aliphatic rings. The molecule has 1 saturated carbocycles. The molecule has 4 heteroatoms. The number of nitrogens with zero attached hydrogens (tertiary/aromatic N) is 2. The lowest BCUT2D eigenvalue weighted by molar-refractivity contribution is 0.373. The molecular weight excluding hydrogens is 214 g/mol. The third-order valence-electron chi connectivity index (χ3n) is 3.00. The second-order valence-corrected chi connectivity index (χ2v) is 4.57. The second kappa shape index (κ2) is 4.20. The lowest BCUT2D eigenvalue weighted by Gasteiger charge is -1.99. The van der Waals surface area contributed by atoms with Gasteiger partial charge in [0.25, 0.3) is 0 Å². The Hall–Kier alpha value is -1.84. The Balaban J connectivity index is 1.62. The van der Waals surface area contributed by atoms with E-state index in [2.05, 4.69) is 16.2 Å². The van der Waals surface area contributed by atoms with E-state index in [0.29, 0.717) is 5.92 Å². The highest BCUT2D eigenvalue weighted by atomic mass is 16.5. The summed E-state index contributed by atoms with van der Waals surface area (Å²) >= 11 is 0. The average Bonchev–Trinajstić information content (AvgIpc) is 3.07. The molecule has 0 unspecified atom stereocenters. The molecule has 0 saturated heterocycles. The van der Waals surface area contributed by atoms with Gasteiger partial charge in [0.15, 0.2) is 5.82 Å². The highest BCUT2D eigenvalue weighted by Crippen LogP contribution is 2.38. The normalized spacial score (nSPS) is 15.1. The zero-order valence-electron chi connectivity index (χ0n) is 9.60. The Morgan fingerprint density at radius 2 is 2.18 bits per heavy atom. The molecule has 1 aromatic heterocycles. The number of aromatic nitrogens is 2.